The zero-order valence-electron chi connectivity index (χ0n) is 19.7. The maximum atomic E-state index is 14.8. The fourth-order valence-corrected chi connectivity index (χ4v) is 5.50. The van der Waals surface area contributed by atoms with Crippen molar-refractivity contribution in [3.8, 4) is 0 Å². The molecule has 188 valence electrons. The molecule has 1 heterocycles. The van der Waals surface area contributed by atoms with Crippen molar-refractivity contribution in [2.45, 2.75) is 70.5 Å². The minimum absolute atomic E-state index is 0.203. The van der Waals surface area contributed by atoms with Gasteiger partial charge in [-0.25, -0.2) is 17.8 Å². The molecule has 33 heavy (non-hydrogen) atoms. The number of hydrogen-bond acceptors (Lipinski definition) is 5. The molecule has 6 nitrogen and oxygen atoms in total. The summed E-state index contributed by atoms with van der Waals surface area (Å²) >= 11 is 1.98. The van der Waals surface area contributed by atoms with E-state index in [-0.39, 0.29) is 11.4 Å². The third-order valence-corrected chi connectivity index (χ3v) is 8.32. The van der Waals surface area contributed by atoms with E-state index in [4.69, 9.17) is 4.74 Å². The molecule has 0 aromatic carbocycles. The highest BCUT2D eigenvalue weighted by atomic mass is 127. The van der Waals surface area contributed by atoms with Crippen molar-refractivity contribution in [2.75, 3.05) is 12.3 Å². The van der Waals surface area contributed by atoms with Gasteiger partial charge in [0.15, 0.2) is 0 Å². The zero-order valence-corrected chi connectivity index (χ0v) is 22.7. The molecule has 0 aromatic heterocycles. The number of nitrogens with zero attached hydrogens (tertiary/aromatic N) is 2. The summed E-state index contributed by atoms with van der Waals surface area (Å²) in [5.41, 5.74) is -2.72. The standard InChI is InChI=1S/C21H30F4IN3O3S/c1-13(26)9-10-15(22)14(2)20(8)12-33(31,27-11-21(23,24)25)19(6,7)16(29-20)28-17(30)32-18(3,4)5/h9-10H,2,11-12H2,1,3-8H3,(H,28,29,30)/b13-9+,15-10+/t20-,33+/m0/s1. The number of alkyl halides is 3. The van der Waals surface area contributed by atoms with Crippen LogP contribution in [0.4, 0.5) is 22.4 Å². The lowest BCUT2D eigenvalue weighted by Crippen LogP contribution is -2.59. The Hall–Kier alpha value is -1.44. The number of nitrogens with one attached hydrogen (secondary N) is 1. The highest BCUT2D eigenvalue weighted by Gasteiger charge is 2.50. The normalized spacial score (nSPS) is 26.4. The van der Waals surface area contributed by atoms with E-state index in [1.807, 2.05) is 22.6 Å². The van der Waals surface area contributed by atoms with Gasteiger partial charge >= 0.3 is 12.3 Å². The third kappa shape index (κ3) is 8.08. The van der Waals surface area contributed by atoms with Crippen LogP contribution in [0.2, 0.25) is 0 Å². The quantitative estimate of drug-likeness (QED) is 0.234. The van der Waals surface area contributed by atoms with Gasteiger partial charge in [0.25, 0.3) is 0 Å². The molecule has 0 aromatic rings. The van der Waals surface area contributed by atoms with E-state index >= 15 is 0 Å². The number of carbonyl (C=O) groups is 1. The van der Waals surface area contributed by atoms with Crippen LogP contribution in [0.1, 0.15) is 48.5 Å². The molecular weight excluding hydrogens is 577 g/mol. The van der Waals surface area contributed by atoms with Crippen LogP contribution in [0.3, 0.4) is 0 Å². The van der Waals surface area contributed by atoms with E-state index in [1.165, 1.54) is 26.8 Å². The van der Waals surface area contributed by atoms with Gasteiger partial charge in [0.05, 0.1) is 21.0 Å². The van der Waals surface area contributed by atoms with E-state index in [0.717, 1.165) is 9.66 Å². The average molecular weight is 607 g/mol. The van der Waals surface area contributed by atoms with Crippen molar-refractivity contribution in [2.24, 2.45) is 9.36 Å². The van der Waals surface area contributed by atoms with Crippen molar-refractivity contribution in [3.05, 3.63) is 33.7 Å². The van der Waals surface area contributed by atoms with Gasteiger partial charge in [0, 0.05) is 5.57 Å². The third-order valence-electron chi connectivity index (χ3n) is 4.67. The smallest absolute Gasteiger partial charge is 0.413 e. The summed E-state index contributed by atoms with van der Waals surface area (Å²) in [7, 11) is -3.73. The van der Waals surface area contributed by atoms with E-state index in [0.29, 0.717) is 0 Å². The molecule has 0 unspecified atom stereocenters. The Morgan fingerprint density at radius 3 is 2.30 bits per heavy atom. The number of rotatable bonds is 4. The highest BCUT2D eigenvalue weighted by Crippen LogP contribution is 2.39. The minimum Gasteiger partial charge on any atom is -0.444 e. The maximum absolute atomic E-state index is 14.8. The number of aliphatic imine (C=N–C) groups is 1. The second-order valence-electron chi connectivity index (χ2n) is 9.31. The number of alkyl carbamates (subject to hydrolysis) is 1. The van der Waals surface area contributed by atoms with E-state index in [2.05, 4.69) is 21.3 Å². The summed E-state index contributed by atoms with van der Waals surface area (Å²) < 4.78 is 75.4. The van der Waals surface area contributed by atoms with Crippen LogP contribution in [0.5, 0.6) is 0 Å². The zero-order chi connectivity index (χ0) is 26.0. The van der Waals surface area contributed by atoms with E-state index in [1.54, 1.807) is 27.7 Å². The number of amides is 1. The SMILES string of the molecule is C=C(/C(F)=C\C=C(/C)I)[C@]1(C)C[S@](=O)(=NCC(F)(F)F)C(C)(C)C(NC(=O)OC(C)(C)C)=N1. The molecule has 1 N–H and O–H groups in total. The molecule has 12 heteroatoms. The van der Waals surface area contributed by atoms with Gasteiger partial charge in [-0.2, -0.15) is 13.2 Å². The summed E-state index contributed by atoms with van der Waals surface area (Å²) in [5.74, 6) is -1.53. The fraction of sp³-hybridized carbons (Fsp3) is 0.619. The molecule has 0 fully saturated rings. The Labute approximate surface area is 206 Å². The molecule has 0 bridgehead atoms. The molecule has 0 radical (unpaired) electrons. The summed E-state index contributed by atoms with van der Waals surface area (Å²) in [6.45, 7) is 12.8. The number of carbonyl (C=O) groups excluding carboxylic acids is 1. The second-order valence-corrected chi connectivity index (χ2v) is 13.9. The summed E-state index contributed by atoms with van der Waals surface area (Å²) in [6.07, 6.45) is -3.03. The van der Waals surface area contributed by atoms with Crippen LogP contribution < -0.4 is 5.32 Å². The Morgan fingerprint density at radius 1 is 1.30 bits per heavy atom. The molecule has 1 aliphatic rings. The van der Waals surface area contributed by atoms with Crippen molar-refractivity contribution in [1.29, 1.82) is 0 Å². The lowest BCUT2D eigenvalue weighted by Gasteiger charge is -2.42. The van der Waals surface area contributed by atoms with Crippen LogP contribution in [0.25, 0.3) is 0 Å². The number of amidine groups is 1. The summed E-state index contributed by atoms with van der Waals surface area (Å²) in [4.78, 5) is 16.8. The first-order valence-electron chi connectivity index (χ1n) is 9.88. The number of ether oxygens (including phenoxy) is 1. The van der Waals surface area contributed by atoms with Gasteiger partial charge in [0.1, 0.15) is 28.6 Å². The fourth-order valence-electron chi connectivity index (χ4n) is 2.79. The predicted octanol–water partition coefficient (Wildman–Crippen LogP) is 6.24. The van der Waals surface area contributed by atoms with Gasteiger partial charge in [-0.3, -0.25) is 10.3 Å². The van der Waals surface area contributed by atoms with Crippen LogP contribution >= 0.6 is 22.6 Å². The maximum Gasteiger partial charge on any atom is 0.413 e. The Bertz CT molecular complexity index is 1010. The lowest BCUT2D eigenvalue weighted by atomic mass is 9.93. The number of halogens is 5. The van der Waals surface area contributed by atoms with Crippen LogP contribution in [-0.4, -0.2) is 50.5 Å². The molecule has 2 atom stereocenters. The van der Waals surface area contributed by atoms with Crippen molar-refractivity contribution < 1.29 is 31.3 Å². The van der Waals surface area contributed by atoms with Crippen molar-refractivity contribution in [3.63, 3.8) is 0 Å². The number of hydrogen-bond donors (Lipinski definition) is 1. The first kappa shape index (κ1) is 29.6. The molecule has 1 aliphatic heterocycles. The molecular formula is C21H30F4IN3O3S. The van der Waals surface area contributed by atoms with Gasteiger partial charge in [-0.05, 0) is 80.7 Å². The molecule has 0 saturated carbocycles. The average Bonchev–Trinajstić information content (AvgIpc) is 2.60. The van der Waals surface area contributed by atoms with Crippen molar-refractivity contribution >= 4 is 44.2 Å². The molecule has 0 aliphatic carbocycles. The summed E-state index contributed by atoms with van der Waals surface area (Å²) in [5, 5.41) is 2.39. The van der Waals surface area contributed by atoms with Crippen LogP contribution in [0.15, 0.2) is 43.1 Å². The van der Waals surface area contributed by atoms with Crippen molar-refractivity contribution in [1.82, 2.24) is 5.32 Å². The van der Waals surface area contributed by atoms with Gasteiger partial charge in [0.2, 0.25) is 0 Å². The first-order chi connectivity index (χ1) is 14.6. The molecule has 1 amide bonds. The minimum atomic E-state index is -4.70. The van der Waals surface area contributed by atoms with Gasteiger partial charge in [-0.1, -0.05) is 12.7 Å². The number of allylic oxidation sites excluding steroid dienone is 3. The Kier molecular flexibility index (Phi) is 9.01. The monoisotopic (exact) mass is 607 g/mol. The molecule has 0 saturated heterocycles. The van der Waals surface area contributed by atoms with Crippen LogP contribution in [0, 0.1) is 0 Å². The second kappa shape index (κ2) is 10.0. The van der Waals surface area contributed by atoms with Crippen LogP contribution in [-0.2, 0) is 14.5 Å². The lowest BCUT2D eigenvalue weighted by molar-refractivity contribution is -0.117. The molecule has 0 spiro atoms. The first-order valence-corrected chi connectivity index (χ1v) is 12.6. The highest BCUT2D eigenvalue weighted by molar-refractivity contribution is 14.1. The topological polar surface area (TPSA) is 80.1 Å². The Morgan fingerprint density at radius 2 is 1.85 bits per heavy atom. The largest absolute Gasteiger partial charge is 0.444 e. The van der Waals surface area contributed by atoms with Gasteiger partial charge < -0.3 is 4.74 Å². The molecule has 1 rings (SSSR count). The van der Waals surface area contributed by atoms with E-state index in [9.17, 15) is 26.6 Å². The van der Waals surface area contributed by atoms with Gasteiger partial charge in [-0.15, -0.1) is 0 Å². The Balaban J connectivity index is 3.67. The van der Waals surface area contributed by atoms with E-state index < -0.39 is 56.0 Å². The predicted molar refractivity (Wildman–Crippen MR) is 132 cm³/mol. The summed E-state index contributed by atoms with van der Waals surface area (Å²) in [6, 6.07) is 0.